The molecule has 1 aliphatic heterocycles. The maximum Gasteiger partial charge on any atom is 0.331 e. The van der Waals surface area contributed by atoms with E-state index >= 15 is 0 Å². The van der Waals surface area contributed by atoms with Crippen LogP contribution in [-0.4, -0.2) is 39.3 Å². The highest BCUT2D eigenvalue weighted by atomic mass is 79.9. The van der Waals surface area contributed by atoms with Crippen molar-refractivity contribution in [2.75, 3.05) is 12.3 Å². The van der Waals surface area contributed by atoms with Crippen molar-refractivity contribution in [1.29, 1.82) is 0 Å². The summed E-state index contributed by atoms with van der Waals surface area (Å²) in [6, 6.07) is 5.94. The Balaban J connectivity index is 2.15. The molecule has 7 heteroatoms. The number of aliphatic carboxylic acids is 1. The fourth-order valence-electron chi connectivity index (χ4n) is 2.51. The molecule has 1 fully saturated rings. The van der Waals surface area contributed by atoms with E-state index in [0.29, 0.717) is 24.3 Å². The number of carbonyl (C=O) groups excluding carboxylic acids is 2. The number of nitrogens with zero attached hydrogens (tertiary/aromatic N) is 1. The lowest BCUT2D eigenvalue weighted by Crippen LogP contribution is -2.35. The molecule has 1 amide bonds. The molecule has 0 spiro atoms. The van der Waals surface area contributed by atoms with Crippen molar-refractivity contribution in [3.63, 3.8) is 0 Å². The number of carboxylic acid groups (broad SMARTS) is 1. The van der Waals surface area contributed by atoms with Gasteiger partial charge in [0, 0.05) is 30.1 Å². The average Bonchev–Trinajstić information content (AvgIpc) is 2.80. The average molecular weight is 386 g/mol. The van der Waals surface area contributed by atoms with Gasteiger partial charge in [0.1, 0.15) is 0 Å². The van der Waals surface area contributed by atoms with Crippen LogP contribution in [0.5, 0.6) is 0 Å². The smallest absolute Gasteiger partial charge is 0.331 e. The fraction of sp³-hybridized carbons (Fsp3) is 0.400. The summed E-state index contributed by atoms with van der Waals surface area (Å²) in [5.41, 5.74) is 0.573. The highest BCUT2D eigenvalue weighted by molar-refractivity contribution is 9.10. The summed E-state index contributed by atoms with van der Waals surface area (Å²) in [4.78, 5) is 36.2. The van der Waals surface area contributed by atoms with Gasteiger partial charge in [0.15, 0.2) is 11.2 Å². The number of amides is 1. The molecule has 118 valence electrons. The third kappa shape index (κ3) is 4.10. The molecule has 2 unspecified atom stereocenters. The van der Waals surface area contributed by atoms with Crippen LogP contribution in [0.3, 0.4) is 0 Å². The molecule has 2 atom stereocenters. The highest BCUT2D eigenvalue weighted by Crippen LogP contribution is 2.31. The Morgan fingerprint density at radius 3 is 2.59 bits per heavy atom. The predicted molar refractivity (Wildman–Crippen MR) is 87.5 cm³/mol. The maximum atomic E-state index is 12.2. The van der Waals surface area contributed by atoms with Gasteiger partial charge in [-0.05, 0) is 23.6 Å². The summed E-state index contributed by atoms with van der Waals surface area (Å²) in [7, 11) is 0. The van der Waals surface area contributed by atoms with Crippen LogP contribution in [0.1, 0.15) is 24.9 Å². The van der Waals surface area contributed by atoms with Crippen molar-refractivity contribution < 1.29 is 19.5 Å². The number of halogens is 1. The van der Waals surface area contributed by atoms with Gasteiger partial charge in [0.2, 0.25) is 5.91 Å². The van der Waals surface area contributed by atoms with E-state index in [4.69, 9.17) is 0 Å². The van der Waals surface area contributed by atoms with Crippen molar-refractivity contribution in [2.24, 2.45) is 5.92 Å². The molecule has 0 radical (unpaired) electrons. The zero-order valence-electron chi connectivity index (χ0n) is 12.0. The molecule has 1 N–H and O–H groups in total. The first kappa shape index (κ1) is 17.0. The van der Waals surface area contributed by atoms with Crippen molar-refractivity contribution >= 4 is 44.7 Å². The van der Waals surface area contributed by atoms with Crippen LogP contribution in [0, 0.1) is 5.92 Å². The topological polar surface area (TPSA) is 74.7 Å². The van der Waals surface area contributed by atoms with E-state index in [-0.39, 0.29) is 16.9 Å². The lowest BCUT2D eigenvalue weighted by Gasteiger charge is -2.25. The summed E-state index contributed by atoms with van der Waals surface area (Å²) in [6.45, 7) is 1.85. The van der Waals surface area contributed by atoms with E-state index in [1.54, 1.807) is 24.3 Å². The van der Waals surface area contributed by atoms with Gasteiger partial charge in [0.25, 0.3) is 0 Å². The Kier molecular flexibility index (Phi) is 5.63. The number of carboxylic acids is 1. The van der Waals surface area contributed by atoms with Crippen molar-refractivity contribution in [3.8, 4) is 0 Å². The van der Waals surface area contributed by atoms with E-state index in [0.717, 1.165) is 4.47 Å². The summed E-state index contributed by atoms with van der Waals surface area (Å²) >= 11 is 4.49. The summed E-state index contributed by atoms with van der Waals surface area (Å²) in [5, 5.41) is 9.52. The van der Waals surface area contributed by atoms with E-state index in [9.17, 15) is 19.5 Å². The number of thioether (sulfide) groups is 1. The first-order valence-corrected chi connectivity index (χ1v) is 8.57. The van der Waals surface area contributed by atoms with Gasteiger partial charge in [-0.15, -0.1) is 0 Å². The second-order valence-corrected chi connectivity index (χ2v) is 7.32. The molecule has 0 aliphatic carbocycles. The zero-order chi connectivity index (χ0) is 16.3. The zero-order valence-corrected chi connectivity index (χ0v) is 14.4. The van der Waals surface area contributed by atoms with Crippen LogP contribution in [0.25, 0.3) is 0 Å². The van der Waals surface area contributed by atoms with Crippen LogP contribution < -0.4 is 0 Å². The summed E-state index contributed by atoms with van der Waals surface area (Å²) < 4.78 is 0.851. The highest BCUT2D eigenvalue weighted by Gasteiger charge is 2.38. The number of hydrogen-bond acceptors (Lipinski definition) is 4. The lowest BCUT2D eigenvalue weighted by atomic mass is 10.1. The minimum atomic E-state index is -1.05. The van der Waals surface area contributed by atoms with Crippen LogP contribution >= 0.6 is 27.7 Å². The molecule has 1 aliphatic rings. The molecule has 0 saturated carbocycles. The van der Waals surface area contributed by atoms with E-state index in [1.165, 1.54) is 23.6 Å². The second-order valence-electron chi connectivity index (χ2n) is 5.21. The van der Waals surface area contributed by atoms with Crippen molar-refractivity contribution in [2.45, 2.75) is 19.4 Å². The first-order valence-electron chi connectivity index (χ1n) is 6.79. The molecule has 5 nitrogen and oxygen atoms in total. The number of hydrogen-bond donors (Lipinski definition) is 1. The minimum absolute atomic E-state index is 0.00796. The predicted octanol–water partition coefficient (Wildman–Crippen LogP) is 2.70. The number of likely N-dealkylation sites (tertiary alicyclic amines) is 1. The molecule has 0 aromatic heterocycles. The Labute approximate surface area is 141 Å². The molecule has 1 heterocycles. The quantitative estimate of drug-likeness (QED) is 0.842. The monoisotopic (exact) mass is 385 g/mol. The summed E-state index contributed by atoms with van der Waals surface area (Å²) in [5.74, 6) is -0.664. The SMILES string of the molecule is CC(=O)SCC1CC(=O)N(C(C(=O)O)c2ccc(Br)cc2)C1. The van der Waals surface area contributed by atoms with E-state index in [1.807, 2.05) is 0 Å². The van der Waals surface area contributed by atoms with Crippen LogP contribution in [0.4, 0.5) is 0 Å². The second kappa shape index (κ2) is 7.28. The minimum Gasteiger partial charge on any atom is -0.479 e. The van der Waals surface area contributed by atoms with Gasteiger partial charge in [-0.3, -0.25) is 9.59 Å². The third-order valence-corrected chi connectivity index (χ3v) is 5.07. The van der Waals surface area contributed by atoms with Crippen LogP contribution in [0.2, 0.25) is 0 Å². The Morgan fingerprint density at radius 1 is 1.41 bits per heavy atom. The summed E-state index contributed by atoms with van der Waals surface area (Å²) in [6.07, 6.45) is 0.292. The first-order chi connectivity index (χ1) is 10.4. The van der Waals surface area contributed by atoms with Gasteiger partial charge in [-0.25, -0.2) is 4.79 Å². The number of rotatable bonds is 5. The number of carbonyl (C=O) groups is 3. The number of benzene rings is 1. The van der Waals surface area contributed by atoms with Gasteiger partial charge in [-0.1, -0.05) is 39.8 Å². The van der Waals surface area contributed by atoms with E-state index in [2.05, 4.69) is 15.9 Å². The Morgan fingerprint density at radius 2 is 2.05 bits per heavy atom. The molecule has 1 aromatic rings. The fourth-order valence-corrected chi connectivity index (χ4v) is 3.46. The van der Waals surface area contributed by atoms with E-state index < -0.39 is 12.0 Å². The third-order valence-electron chi connectivity index (χ3n) is 3.49. The lowest BCUT2D eigenvalue weighted by molar-refractivity contribution is -0.148. The maximum absolute atomic E-state index is 12.2. The standard InChI is InChI=1S/C15H16BrNO4S/c1-9(18)22-8-10-6-13(19)17(7-10)14(15(20)21)11-2-4-12(16)5-3-11/h2-5,10,14H,6-8H2,1H3,(H,20,21). The van der Waals surface area contributed by atoms with Gasteiger partial charge < -0.3 is 10.0 Å². The van der Waals surface area contributed by atoms with Gasteiger partial charge >= 0.3 is 5.97 Å². The normalized spacial score (nSPS) is 19.3. The van der Waals surface area contributed by atoms with Gasteiger partial charge in [0.05, 0.1) is 0 Å². The molecular weight excluding hydrogens is 370 g/mol. The van der Waals surface area contributed by atoms with Crippen LogP contribution in [0.15, 0.2) is 28.7 Å². The van der Waals surface area contributed by atoms with Crippen molar-refractivity contribution in [1.82, 2.24) is 4.90 Å². The van der Waals surface area contributed by atoms with Crippen molar-refractivity contribution in [3.05, 3.63) is 34.3 Å². The molecule has 22 heavy (non-hydrogen) atoms. The molecule has 2 rings (SSSR count). The Hall–Kier alpha value is -1.34. The Bertz CT molecular complexity index is 590. The molecular formula is C15H16BrNO4S. The molecule has 0 bridgehead atoms. The molecule has 1 saturated heterocycles. The molecule has 1 aromatic carbocycles. The van der Waals surface area contributed by atoms with Crippen LogP contribution in [-0.2, 0) is 14.4 Å². The largest absolute Gasteiger partial charge is 0.479 e. The van der Waals surface area contributed by atoms with Gasteiger partial charge in [-0.2, -0.15) is 0 Å².